The smallest absolute Gasteiger partial charge is 0.266 e. The van der Waals surface area contributed by atoms with E-state index in [1.807, 2.05) is 0 Å². The number of nitrogen functional groups attached to an aromatic ring is 1. The Balaban J connectivity index is 3.63. The molecule has 0 aromatic carbocycles. The van der Waals surface area contributed by atoms with Crippen molar-refractivity contribution in [1.29, 1.82) is 0 Å². The van der Waals surface area contributed by atoms with Crippen LogP contribution in [-0.4, -0.2) is 20.5 Å². The minimum Gasteiger partial charge on any atom is -0.479 e. The molecule has 0 unspecified atom stereocenters. The fourth-order valence-electron chi connectivity index (χ4n) is 1.14. The van der Waals surface area contributed by atoms with Gasteiger partial charge in [0.15, 0.2) is 0 Å². The maximum absolute atomic E-state index is 12.5. The fraction of sp³-hybridized carbons (Fsp3) is 0.286. The molecule has 0 atom stereocenters. The van der Waals surface area contributed by atoms with E-state index >= 15 is 0 Å². The fourth-order valence-corrected chi connectivity index (χ4v) is 2.01. The van der Waals surface area contributed by atoms with E-state index in [0.29, 0.717) is 6.20 Å². The van der Waals surface area contributed by atoms with Gasteiger partial charge in [-0.1, -0.05) is 0 Å². The number of primary sulfonamides is 1. The van der Waals surface area contributed by atoms with Gasteiger partial charge in [0.1, 0.15) is 10.6 Å². The minimum atomic E-state index is -4.37. The lowest BCUT2D eigenvalue weighted by molar-refractivity contribution is 0.147. The summed E-state index contributed by atoms with van der Waals surface area (Å²) in [5, 5.41) is 4.80. The number of hydrogen-bond acceptors (Lipinski definition) is 5. The zero-order valence-corrected chi connectivity index (χ0v) is 8.96. The lowest BCUT2D eigenvalue weighted by Gasteiger charge is -2.11. The number of pyridine rings is 1. The predicted octanol–water partition coefficient (Wildman–Crippen LogP) is 0.257. The molecule has 0 saturated heterocycles. The number of sulfonamides is 1. The molecule has 1 aromatic heterocycles. The summed E-state index contributed by atoms with van der Waals surface area (Å²) < 4.78 is 51.9. The van der Waals surface area contributed by atoms with Crippen molar-refractivity contribution in [2.45, 2.75) is 11.3 Å². The first-order chi connectivity index (χ1) is 7.29. The topological polar surface area (TPSA) is 108 Å². The van der Waals surface area contributed by atoms with Crippen molar-refractivity contribution in [1.82, 2.24) is 4.98 Å². The van der Waals surface area contributed by atoms with E-state index in [2.05, 4.69) is 9.72 Å². The highest BCUT2D eigenvalue weighted by atomic mass is 32.2. The number of methoxy groups -OCH3 is 1. The summed E-state index contributed by atoms with van der Waals surface area (Å²) in [4.78, 5) is 2.59. The van der Waals surface area contributed by atoms with Crippen LogP contribution in [0.4, 0.5) is 14.5 Å². The summed E-state index contributed by atoms with van der Waals surface area (Å²) in [7, 11) is -3.19. The van der Waals surface area contributed by atoms with Crippen molar-refractivity contribution in [2.75, 3.05) is 12.8 Å². The molecule has 16 heavy (non-hydrogen) atoms. The molecule has 0 spiro atoms. The quantitative estimate of drug-likeness (QED) is 0.803. The van der Waals surface area contributed by atoms with E-state index in [1.54, 1.807) is 0 Å². The van der Waals surface area contributed by atoms with Crippen molar-refractivity contribution in [3.8, 4) is 5.88 Å². The molecule has 0 amide bonds. The number of nitrogens with two attached hydrogens (primary N) is 2. The summed E-state index contributed by atoms with van der Waals surface area (Å²) in [5.74, 6) is -0.270. The number of alkyl halides is 2. The Hall–Kier alpha value is -1.48. The van der Waals surface area contributed by atoms with Crippen molar-refractivity contribution >= 4 is 15.7 Å². The second-order valence-corrected chi connectivity index (χ2v) is 4.31. The Labute approximate surface area is 90.3 Å². The summed E-state index contributed by atoms with van der Waals surface area (Å²) in [6, 6.07) is 0. The van der Waals surface area contributed by atoms with Gasteiger partial charge in [-0.2, -0.15) is 0 Å². The zero-order valence-electron chi connectivity index (χ0n) is 8.15. The largest absolute Gasteiger partial charge is 0.479 e. The standard InChI is InChI=1S/C7H9F2N3O3S/c1-15-7-4(10)5(16(11,13)14)3(2-12-7)6(8)9/h2,6H,10H2,1H3,(H2,11,13,14). The van der Waals surface area contributed by atoms with Crippen LogP contribution < -0.4 is 15.6 Å². The molecule has 0 aliphatic heterocycles. The highest BCUT2D eigenvalue weighted by Crippen LogP contribution is 2.33. The van der Waals surface area contributed by atoms with Gasteiger partial charge in [-0.3, -0.25) is 0 Å². The molecular formula is C7H9F2N3O3S. The van der Waals surface area contributed by atoms with Crippen LogP contribution in [0.2, 0.25) is 0 Å². The number of anilines is 1. The molecule has 0 aliphatic carbocycles. The molecule has 1 aromatic rings. The Morgan fingerprint density at radius 2 is 2.06 bits per heavy atom. The summed E-state index contributed by atoms with van der Waals surface area (Å²) in [6.07, 6.45) is -2.38. The van der Waals surface area contributed by atoms with E-state index in [0.717, 1.165) is 0 Å². The highest BCUT2D eigenvalue weighted by Gasteiger charge is 2.26. The van der Waals surface area contributed by atoms with Gasteiger partial charge in [0.2, 0.25) is 15.9 Å². The molecule has 9 heteroatoms. The van der Waals surface area contributed by atoms with Crippen LogP contribution >= 0.6 is 0 Å². The third-order valence-electron chi connectivity index (χ3n) is 1.77. The number of rotatable bonds is 3. The number of halogens is 2. The van der Waals surface area contributed by atoms with E-state index in [4.69, 9.17) is 10.9 Å². The zero-order chi connectivity index (χ0) is 12.5. The van der Waals surface area contributed by atoms with Gasteiger partial charge < -0.3 is 10.5 Å². The van der Waals surface area contributed by atoms with E-state index in [9.17, 15) is 17.2 Å². The van der Waals surface area contributed by atoms with Gasteiger partial charge in [0.05, 0.1) is 12.7 Å². The first-order valence-electron chi connectivity index (χ1n) is 3.92. The Morgan fingerprint density at radius 1 is 1.50 bits per heavy atom. The number of ether oxygens (including phenoxy) is 1. The predicted molar refractivity (Wildman–Crippen MR) is 51.5 cm³/mol. The maximum atomic E-state index is 12.5. The minimum absolute atomic E-state index is 0.270. The summed E-state index contributed by atoms with van der Waals surface area (Å²) in [6.45, 7) is 0. The van der Waals surface area contributed by atoms with Crippen LogP contribution in [0.1, 0.15) is 12.0 Å². The molecule has 90 valence electrons. The Bertz CT molecular complexity index is 504. The average molecular weight is 253 g/mol. The Kier molecular flexibility index (Phi) is 3.29. The van der Waals surface area contributed by atoms with Crippen molar-refractivity contribution in [2.24, 2.45) is 5.14 Å². The third-order valence-corrected chi connectivity index (χ3v) is 2.80. The molecule has 0 fully saturated rings. The molecular weight excluding hydrogens is 244 g/mol. The lowest BCUT2D eigenvalue weighted by atomic mass is 10.2. The van der Waals surface area contributed by atoms with Gasteiger partial charge in [-0.05, 0) is 0 Å². The van der Waals surface area contributed by atoms with Crippen LogP contribution in [0, 0.1) is 0 Å². The number of aromatic nitrogens is 1. The molecule has 1 rings (SSSR count). The van der Waals surface area contributed by atoms with Crippen molar-refractivity contribution in [3.05, 3.63) is 11.8 Å². The molecule has 0 aliphatic rings. The normalized spacial score (nSPS) is 11.8. The van der Waals surface area contributed by atoms with Gasteiger partial charge in [-0.25, -0.2) is 27.3 Å². The van der Waals surface area contributed by atoms with E-state index in [1.165, 1.54) is 7.11 Å². The first kappa shape index (κ1) is 12.6. The van der Waals surface area contributed by atoms with E-state index < -0.39 is 32.6 Å². The Morgan fingerprint density at radius 3 is 2.44 bits per heavy atom. The molecule has 0 radical (unpaired) electrons. The summed E-state index contributed by atoms with van der Waals surface area (Å²) in [5.41, 5.74) is 3.97. The van der Waals surface area contributed by atoms with Gasteiger partial charge in [0.25, 0.3) is 6.43 Å². The average Bonchev–Trinajstić information content (AvgIpc) is 2.14. The monoisotopic (exact) mass is 253 g/mol. The van der Waals surface area contributed by atoms with Crippen LogP contribution in [0.5, 0.6) is 5.88 Å². The van der Waals surface area contributed by atoms with Crippen molar-refractivity contribution < 1.29 is 21.9 Å². The van der Waals surface area contributed by atoms with Crippen LogP contribution in [0.3, 0.4) is 0 Å². The maximum Gasteiger partial charge on any atom is 0.266 e. The van der Waals surface area contributed by atoms with Crippen LogP contribution in [0.15, 0.2) is 11.1 Å². The molecule has 1 heterocycles. The second-order valence-electron chi connectivity index (χ2n) is 2.81. The van der Waals surface area contributed by atoms with Gasteiger partial charge in [-0.15, -0.1) is 0 Å². The number of nitrogens with zero attached hydrogens (tertiary/aromatic N) is 1. The lowest BCUT2D eigenvalue weighted by Crippen LogP contribution is -2.18. The molecule has 6 nitrogen and oxygen atoms in total. The van der Waals surface area contributed by atoms with Crippen LogP contribution in [0.25, 0.3) is 0 Å². The highest BCUT2D eigenvalue weighted by molar-refractivity contribution is 7.89. The first-order valence-corrected chi connectivity index (χ1v) is 5.47. The SMILES string of the molecule is COc1ncc(C(F)F)c(S(N)(=O)=O)c1N. The van der Waals surface area contributed by atoms with Crippen LogP contribution in [-0.2, 0) is 10.0 Å². The molecule has 4 N–H and O–H groups in total. The molecule has 0 saturated carbocycles. The summed E-state index contributed by atoms with van der Waals surface area (Å²) >= 11 is 0. The van der Waals surface area contributed by atoms with E-state index in [-0.39, 0.29) is 5.88 Å². The van der Waals surface area contributed by atoms with Gasteiger partial charge >= 0.3 is 0 Å². The number of hydrogen-bond donors (Lipinski definition) is 2. The third kappa shape index (κ3) is 2.19. The van der Waals surface area contributed by atoms with Gasteiger partial charge in [0, 0.05) is 6.20 Å². The molecule has 0 bridgehead atoms. The second kappa shape index (κ2) is 4.18. The van der Waals surface area contributed by atoms with Crippen molar-refractivity contribution in [3.63, 3.8) is 0 Å².